The van der Waals surface area contributed by atoms with Gasteiger partial charge < -0.3 is 16.0 Å². The molecule has 0 atom stereocenters. The van der Waals surface area contributed by atoms with Gasteiger partial charge in [-0.3, -0.25) is 4.79 Å². The first-order valence-corrected chi connectivity index (χ1v) is 16.6. The molecule has 0 aliphatic rings. The van der Waals surface area contributed by atoms with Crippen molar-refractivity contribution in [1.29, 1.82) is 0 Å². The third kappa shape index (κ3) is 16.0. The van der Waals surface area contributed by atoms with Crippen LogP contribution in [0.1, 0.15) is 115 Å². The second-order valence-electron chi connectivity index (χ2n) is 11.8. The van der Waals surface area contributed by atoms with E-state index in [-0.39, 0.29) is 11.9 Å². The van der Waals surface area contributed by atoms with E-state index < -0.39 is 0 Å². The summed E-state index contributed by atoms with van der Waals surface area (Å²) >= 11 is 0. The average Bonchev–Trinajstić information content (AvgIpc) is 3.02. The third-order valence-electron chi connectivity index (χ3n) is 7.23. The molecule has 0 heterocycles. The highest BCUT2D eigenvalue weighted by Crippen LogP contribution is 2.32. The summed E-state index contributed by atoms with van der Waals surface area (Å²) in [5.41, 5.74) is 4.89. The van der Waals surface area contributed by atoms with Gasteiger partial charge in [0, 0.05) is 24.3 Å². The van der Waals surface area contributed by atoms with Gasteiger partial charge in [0.15, 0.2) is 0 Å². The molecule has 0 aromatic heterocycles. The quantitative estimate of drug-likeness (QED) is 0.109. The van der Waals surface area contributed by atoms with E-state index in [9.17, 15) is 9.59 Å². The number of carbonyl (C=O) groups is 2. The van der Waals surface area contributed by atoms with Crippen LogP contribution >= 0.6 is 0 Å². The molecule has 0 aliphatic heterocycles. The largest absolute Gasteiger partial charge is 0.334 e. The van der Waals surface area contributed by atoms with Crippen molar-refractivity contribution in [3.05, 3.63) is 120 Å². The summed E-state index contributed by atoms with van der Waals surface area (Å²) < 4.78 is 0. The Balaban J connectivity index is 1.62. The number of para-hydroxylation sites is 1. The molecule has 242 valence electrons. The highest BCUT2D eigenvalue weighted by atomic mass is 16.2. The molecule has 3 amide bonds. The second kappa shape index (κ2) is 22.4. The number of anilines is 2. The predicted octanol–water partition coefficient (Wildman–Crippen LogP) is 11.1. The summed E-state index contributed by atoms with van der Waals surface area (Å²) in [5.74, 6) is 0.622. The Hall–Kier alpha value is -4.12. The monoisotopic (exact) mass is 609 g/mol. The SMILES string of the molecule is CCC=CCC=CCC=CCC=CCC=CCCCC(=O)Nc1ccc(CNC(=O)Nc2c(C(C)C)cccc2C(C)C)cc1. The van der Waals surface area contributed by atoms with Crippen LogP contribution in [0.3, 0.4) is 0 Å². The van der Waals surface area contributed by atoms with E-state index in [1.807, 2.05) is 24.3 Å². The zero-order valence-corrected chi connectivity index (χ0v) is 28.2. The van der Waals surface area contributed by atoms with Crippen LogP contribution in [0, 0.1) is 0 Å². The Morgan fingerprint density at radius 1 is 0.667 bits per heavy atom. The number of urea groups is 1. The minimum atomic E-state index is -0.227. The van der Waals surface area contributed by atoms with E-state index in [1.54, 1.807) is 0 Å². The Morgan fingerprint density at radius 3 is 1.69 bits per heavy atom. The van der Waals surface area contributed by atoms with E-state index >= 15 is 0 Å². The summed E-state index contributed by atoms with van der Waals surface area (Å²) in [5, 5.41) is 9.01. The number of hydrogen-bond acceptors (Lipinski definition) is 2. The number of amides is 3. The predicted molar refractivity (Wildman–Crippen MR) is 194 cm³/mol. The first-order valence-electron chi connectivity index (χ1n) is 16.6. The second-order valence-corrected chi connectivity index (χ2v) is 11.8. The molecule has 0 fully saturated rings. The van der Waals surface area contributed by atoms with Crippen molar-refractivity contribution in [2.24, 2.45) is 0 Å². The van der Waals surface area contributed by atoms with Gasteiger partial charge >= 0.3 is 6.03 Å². The fourth-order valence-corrected chi connectivity index (χ4v) is 4.71. The molecule has 0 aliphatic carbocycles. The molecule has 2 rings (SSSR count). The van der Waals surface area contributed by atoms with Gasteiger partial charge in [-0.05, 0) is 85.6 Å². The highest BCUT2D eigenvalue weighted by molar-refractivity contribution is 5.92. The minimum absolute atomic E-state index is 0.0115. The molecule has 2 aromatic rings. The molecule has 0 spiro atoms. The van der Waals surface area contributed by atoms with Crippen LogP contribution in [0.15, 0.2) is 103 Å². The van der Waals surface area contributed by atoms with E-state index in [0.29, 0.717) is 24.8 Å². The average molecular weight is 610 g/mol. The van der Waals surface area contributed by atoms with Gasteiger partial charge in [-0.15, -0.1) is 0 Å². The molecule has 0 bridgehead atoms. The Morgan fingerprint density at radius 2 is 1.18 bits per heavy atom. The van der Waals surface area contributed by atoms with Crippen LogP contribution in [0.5, 0.6) is 0 Å². The molecule has 0 unspecified atom stereocenters. The fraction of sp³-hybridized carbons (Fsp3) is 0.400. The molecular formula is C40H55N3O2. The van der Waals surface area contributed by atoms with Crippen molar-refractivity contribution in [2.75, 3.05) is 10.6 Å². The lowest BCUT2D eigenvalue weighted by atomic mass is 9.93. The van der Waals surface area contributed by atoms with Gasteiger partial charge in [-0.25, -0.2) is 4.79 Å². The van der Waals surface area contributed by atoms with E-state index in [1.165, 1.54) is 0 Å². The van der Waals surface area contributed by atoms with Gasteiger partial charge in [-0.2, -0.15) is 0 Å². The zero-order valence-electron chi connectivity index (χ0n) is 28.2. The topological polar surface area (TPSA) is 70.2 Å². The number of carbonyl (C=O) groups excluding carboxylic acids is 2. The number of hydrogen-bond donors (Lipinski definition) is 3. The Kier molecular flexibility index (Phi) is 18.5. The maximum atomic E-state index is 12.8. The Bertz CT molecular complexity index is 1270. The van der Waals surface area contributed by atoms with E-state index in [4.69, 9.17) is 0 Å². The number of benzene rings is 2. The molecule has 2 aromatic carbocycles. The van der Waals surface area contributed by atoms with Crippen LogP contribution in [0.25, 0.3) is 0 Å². The highest BCUT2D eigenvalue weighted by Gasteiger charge is 2.15. The Labute approximate surface area is 272 Å². The van der Waals surface area contributed by atoms with Crippen LogP contribution < -0.4 is 16.0 Å². The zero-order chi connectivity index (χ0) is 32.7. The number of allylic oxidation sites excluding steroid dienone is 10. The maximum Gasteiger partial charge on any atom is 0.319 e. The van der Waals surface area contributed by atoms with Gasteiger partial charge in [0.05, 0.1) is 0 Å². The summed E-state index contributed by atoms with van der Waals surface area (Å²) in [6.07, 6.45) is 29.0. The van der Waals surface area contributed by atoms with E-state index in [2.05, 4.69) is 130 Å². The molecule has 45 heavy (non-hydrogen) atoms. The molecular weight excluding hydrogens is 554 g/mol. The molecule has 5 nitrogen and oxygen atoms in total. The number of rotatable bonds is 19. The van der Waals surface area contributed by atoms with Gasteiger partial charge in [0.1, 0.15) is 0 Å². The van der Waals surface area contributed by atoms with Crippen molar-refractivity contribution in [1.82, 2.24) is 5.32 Å². The third-order valence-corrected chi connectivity index (χ3v) is 7.23. The standard InChI is InChI=1S/C40H55N3O2/c1-6-7-8-9-10-11-12-13-14-15-16-17-18-19-20-21-22-26-38(44)42-35-29-27-34(28-30-35)31-41-40(45)43-39-36(32(2)3)24-23-25-37(39)33(4)5/h7-8,10-11,13-14,16-17,19-20,23-25,27-30,32-33H,6,9,12,15,18,21-22,26,31H2,1-5H3,(H,42,44)(H2,41,43,45). The molecule has 3 N–H and O–H groups in total. The maximum absolute atomic E-state index is 12.8. The summed E-state index contributed by atoms with van der Waals surface area (Å²) in [6, 6.07) is 13.6. The summed E-state index contributed by atoms with van der Waals surface area (Å²) in [4.78, 5) is 25.1. The number of nitrogens with one attached hydrogen (secondary N) is 3. The normalized spacial score (nSPS) is 12.2. The van der Waals surface area contributed by atoms with Crippen molar-refractivity contribution in [3.63, 3.8) is 0 Å². The van der Waals surface area contributed by atoms with Gasteiger partial charge in [0.25, 0.3) is 0 Å². The van der Waals surface area contributed by atoms with Crippen molar-refractivity contribution in [3.8, 4) is 0 Å². The van der Waals surface area contributed by atoms with Crippen LogP contribution in [-0.4, -0.2) is 11.9 Å². The van der Waals surface area contributed by atoms with Crippen molar-refractivity contribution < 1.29 is 9.59 Å². The fourth-order valence-electron chi connectivity index (χ4n) is 4.71. The molecule has 0 radical (unpaired) electrons. The summed E-state index contributed by atoms with van der Waals surface area (Å²) in [7, 11) is 0. The first-order chi connectivity index (χ1) is 21.8. The molecule has 0 saturated heterocycles. The number of unbranched alkanes of at least 4 members (excludes halogenated alkanes) is 1. The van der Waals surface area contributed by atoms with Crippen LogP contribution in [0.4, 0.5) is 16.2 Å². The summed E-state index contributed by atoms with van der Waals surface area (Å²) in [6.45, 7) is 11.1. The molecule has 0 saturated carbocycles. The van der Waals surface area contributed by atoms with Crippen LogP contribution in [0.2, 0.25) is 0 Å². The van der Waals surface area contributed by atoms with E-state index in [0.717, 1.165) is 73.0 Å². The van der Waals surface area contributed by atoms with Crippen molar-refractivity contribution >= 4 is 23.3 Å². The van der Waals surface area contributed by atoms with Crippen LogP contribution in [-0.2, 0) is 11.3 Å². The molecule has 5 heteroatoms. The lowest BCUT2D eigenvalue weighted by Crippen LogP contribution is -2.29. The van der Waals surface area contributed by atoms with Crippen molar-refractivity contribution in [2.45, 2.75) is 104 Å². The lowest BCUT2D eigenvalue weighted by Gasteiger charge is -2.20. The lowest BCUT2D eigenvalue weighted by molar-refractivity contribution is -0.116. The van der Waals surface area contributed by atoms with Gasteiger partial charge in [-0.1, -0.05) is 126 Å². The first kappa shape index (κ1) is 37.1. The smallest absolute Gasteiger partial charge is 0.319 e. The van der Waals surface area contributed by atoms with Gasteiger partial charge in [0.2, 0.25) is 5.91 Å². The minimum Gasteiger partial charge on any atom is -0.334 e.